The molecule has 0 aromatic rings. The molecule has 0 heterocycles. The van der Waals surface area contributed by atoms with Crippen molar-refractivity contribution in [2.75, 3.05) is 0 Å². The van der Waals surface area contributed by atoms with Crippen molar-refractivity contribution in [2.45, 2.75) is 20.3 Å². The summed E-state index contributed by atoms with van der Waals surface area (Å²) in [7, 11) is 0. The maximum Gasteiger partial charge on any atom is -0.147 e. The largest absolute Gasteiger partial charge is 0.147 e. The molecule has 0 N–H and O–H groups in total. The van der Waals surface area contributed by atoms with Crippen LogP contribution in [-0.4, -0.2) is 0 Å². The Morgan fingerprint density at radius 2 is 2.00 bits per heavy atom. The van der Waals surface area contributed by atoms with Gasteiger partial charge in [-0.3, -0.25) is 0 Å². The summed E-state index contributed by atoms with van der Waals surface area (Å²) in [4.78, 5) is 0. The Kier molecular flexibility index (Phi) is 3.80. The van der Waals surface area contributed by atoms with Crippen LogP contribution in [0, 0.1) is 0 Å². The number of halogens is 1. The molecule has 49 valence electrons. The second-order valence-electron chi connectivity index (χ2n) is 2.19. The molecule has 0 spiro atoms. The standard InChI is InChI=1S/C7H9.ClH.Ti/c1-6-4-3-5-7(6)2;;/h4H,3H2,1-2H3;1H;. The summed E-state index contributed by atoms with van der Waals surface area (Å²) in [5.41, 5.74) is 2.95. The minimum Gasteiger partial charge on any atom is -0.147 e. The molecular weight excluding hydrogens is 167 g/mol. The van der Waals surface area contributed by atoms with E-state index in [-0.39, 0.29) is 12.4 Å². The van der Waals surface area contributed by atoms with Crippen molar-refractivity contribution in [3.8, 4) is 0 Å². The first kappa shape index (κ1) is 9.48. The third kappa shape index (κ3) is 1.96. The summed E-state index contributed by atoms with van der Waals surface area (Å²) in [6.45, 7) is 4.36. The first-order valence-corrected chi connectivity index (χ1v) is 3.58. The van der Waals surface area contributed by atoms with E-state index in [4.69, 9.17) is 0 Å². The second-order valence-corrected chi connectivity index (χ2v) is 3.14. The van der Waals surface area contributed by atoms with Gasteiger partial charge in [-0.1, -0.05) is 0 Å². The van der Waals surface area contributed by atoms with Gasteiger partial charge in [0.25, 0.3) is 0 Å². The molecule has 0 bridgehead atoms. The minimum atomic E-state index is 0. The summed E-state index contributed by atoms with van der Waals surface area (Å²) in [6, 6.07) is 0. The number of hydrogen-bond donors (Lipinski definition) is 0. The molecule has 0 saturated carbocycles. The summed E-state index contributed by atoms with van der Waals surface area (Å²) < 4.78 is 1.53. The second kappa shape index (κ2) is 3.60. The first-order chi connectivity index (χ1) is 3.72. The fraction of sp³-hybridized carbons (Fsp3) is 0.429. The predicted octanol–water partition coefficient (Wildman–Crippen LogP) is 2.58. The van der Waals surface area contributed by atoms with E-state index in [2.05, 4.69) is 40.4 Å². The maximum atomic E-state index is 2.28. The van der Waals surface area contributed by atoms with E-state index in [9.17, 15) is 0 Å². The zero-order chi connectivity index (χ0) is 6.15. The molecule has 1 aliphatic rings. The molecule has 1 aliphatic carbocycles. The van der Waals surface area contributed by atoms with E-state index in [1.54, 1.807) is 0 Å². The molecular formula is C7H10ClTi. The smallest absolute Gasteiger partial charge is 0.147 e. The van der Waals surface area contributed by atoms with Crippen molar-refractivity contribution >= 4 is 12.4 Å². The monoisotopic (exact) mass is 177 g/mol. The molecule has 2 heteroatoms. The molecule has 1 rings (SSSR count). The van der Waals surface area contributed by atoms with E-state index < -0.39 is 0 Å². The Hall–Kier alpha value is 0.484. The quantitative estimate of drug-likeness (QED) is 0.499. The minimum absolute atomic E-state index is 0. The van der Waals surface area contributed by atoms with Gasteiger partial charge in [-0.15, -0.1) is 12.4 Å². The zero-order valence-electron chi connectivity index (χ0n) is 5.69. The molecule has 0 atom stereocenters. The SMILES string of the molecule is CC1=CC[C]([Ti])=C1C.Cl. The molecule has 0 amide bonds. The summed E-state index contributed by atoms with van der Waals surface area (Å²) in [5, 5.41) is 0. The summed E-state index contributed by atoms with van der Waals surface area (Å²) >= 11 is 2.20. The van der Waals surface area contributed by atoms with Crippen LogP contribution in [0.5, 0.6) is 0 Å². The fourth-order valence-corrected chi connectivity index (χ4v) is 1.27. The van der Waals surface area contributed by atoms with E-state index >= 15 is 0 Å². The average molecular weight is 177 g/mol. The van der Waals surface area contributed by atoms with Gasteiger partial charge >= 0.3 is 61.8 Å². The van der Waals surface area contributed by atoms with Crippen molar-refractivity contribution in [2.24, 2.45) is 0 Å². The van der Waals surface area contributed by atoms with Gasteiger partial charge in [-0.05, 0) is 0 Å². The van der Waals surface area contributed by atoms with Gasteiger partial charge in [0.15, 0.2) is 0 Å². The zero-order valence-corrected chi connectivity index (χ0v) is 8.07. The number of hydrogen-bond acceptors (Lipinski definition) is 0. The molecule has 0 radical (unpaired) electrons. The normalized spacial score (nSPS) is 17.2. The Labute approximate surface area is 74.2 Å². The van der Waals surface area contributed by atoms with Crippen molar-refractivity contribution in [1.82, 2.24) is 0 Å². The molecule has 0 aromatic heterocycles. The van der Waals surface area contributed by atoms with Crippen LogP contribution in [0.15, 0.2) is 21.1 Å². The third-order valence-electron chi connectivity index (χ3n) is 1.66. The fourth-order valence-electron chi connectivity index (χ4n) is 0.799. The Morgan fingerprint density at radius 1 is 1.44 bits per heavy atom. The summed E-state index contributed by atoms with van der Waals surface area (Å²) in [6.07, 6.45) is 3.46. The molecule has 0 aliphatic heterocycles. The Morgan fingerprint density at radius 3 is 2.11 bits per heavy atom. The molecule has 0 saturated heterocycles. The van der Waals surface area contributed by atoms with Gasteiger partial charge in [0.05, 0.1) is 0 Å². The Bertz CT molecular complexity index is 162. The van der Waals surface area contributed by atoms with E-state index in [0.29, 0.717) is 0 Å². The van der Waals surface area contributed by atoms with Crippen LogP contribution in [0.4, 0.5) is 0 Å². The predicted molar refractivity (Wildman–Crippen MR) is 38.3 cm³/mol. The van der Waals surface area contributed by atoms with E-state index in [1.165, 1.54) is 21.4 Å². The van der Waals surface area contributed by atoms with Crippen molar-refractivity contribution < 1.29 is 20.4 Å². The van der Waals surface area contributed by atoms with Crippen LogP contribution < -0.4 is 0 Å². The number of allylic oxidation sites excluding steroid dienone is 4. The van der Waals surface area contributed by atoms with Crippen LogP contribution >= 0.6 is 12.4 Å². The van der Waals surface area contributed by atoms with Gasteiger partial charge < -0.3 is 0 Å². The van der Waals surface area contributed by atoms with Crippen LogP contribution in [0.1, 0.15) is 20.3 Å². The van der Waals surface area contributed by atoms with Crippen molar-refractivity contribution in [3.63, 3.8) is 0 Å². The Balaban J connectivity index is 0.000000640. The van der Waals surface area contributed by atoms with E-state index in [0.717, 1.165) is 0 Å². The third-order valence-corrected chi connectivity index (χ3v) is 2.56. The van der Waals surface area contributed by atoms with Gasteiger partial charge in [-0.2, -0.15) is 0 Å². The summed E-state index contributed by atoms with van der Waals surface area (Å²) in [5.74, 6) is 0. The van der Waals surface area contributed by atoms with Crippen molar-refractivity contribution in [3.05, 3.63) is 21.1 Å². The van der Waals surface area contributed by atoms with E-state index in [1.807, 2.05) is 0 Å². The van der Waals surface area contributed by atoms with Crippen LogP contribution in [-0.2, 0) is 20.4 Å². The van der Waals surface area contributed by atoms with Gasteiger partial charge in [0.1, 0.15) is 0 Å². The molecule has 0 nitrogen and oxygen atoms in total. The van der Waals surface area contributed by atoms with Crippen LogP contribution in [0.3, 0.4) is 0 Å². The van der Waals surface area contributed by atoms with Crippen LogP contribution in [0.25, 0.3) is 0 Å². The van der Waals surface area contributed by atoms with Gasteiger partial charge in [-0.25, -0.2) is 0 Å². The topological polar surface area (TPSA) is 0 Å². The molecule has 0 unspecified atom stereocenters. The first-order valence-electron chi connectivity index (χ1n) is 2.80. The average Bonchev–Trinajstić information content (AvgIpc) is 1.98. The molecule has 9 heavy (non-hydrogen) atoms. The van der Waals surface area contributed by atoms with Crippen molar-refractivity contribution in [1.29, 1.82) is 0 Å². The van der Waals surface area contributed by atoms with Gasteiger partial charge in [0.2, 0.25) is 0 Å². The number of rotatable bonds is 0. The molecule has 0 fully saturated rings. The van der Waals surface area contributed by atoms with Crippen LogP contribution in [0.2, 0.25) is 0 Å². The maximum absolute atomic E-state index is 2.28. The molecule has 0 aromatic carbocycles. The van der Waals surface area contributed by atoms with Gasteiger partial charge in [0, 0.05) is 0 Å².